The third-order valence-electron chi connectivity index (χ3n) is 3.54. The van der Waals surface area contributed by atoms with E-state index in [1.54, 1.807) is 36.4 Å². The van der Waals surface area contributed by atoms with Gasteiger partial charge < -0.3 is 9.47 Å². The van der Waals surface area contributed by atoms with Crippen LogP contribution in [0.15, 0.2) is 58.2 Å². The summed E-state index contributed by atoms with van der Waals surface area (Å²) in [5.41, 5.74) is 3.44. The van der Waals surface area contributed by atoms with Crippen molar-refractivity contribution in [3.63, 3.8) is 0 Å². The van der Waals surface area contributed by atoms with E-state index in [9.17, 15) is 9.18 Å². The number of aromatic nitrogens is 2. The molecule has 3 aromatic rings. The van der Waals surface area contributed by atoms with Crippen LogP contribution >= 0.6 is 27.5 Å². The second-order valence-corrected chi connectivity index (χ2v) is 6.77. The molecule has 0 aliphatic carbocycles. The molecule has 29 heavy (non-hydrogen) atoms. The summed E-state index contributed by atoms with van der Waals surface area (Å²) in [6.07, 6.45) is 2.31. The average Bonchev–Trinajstić information content (AvgIpc) is 2.71. The Hall–Kier alpha value is -3.04. The van der Waals surface area contributed by atoms with Gasteiger partial charge in [0.2, 0.25) is 11.1 Å². The summed E-state index contributed by atoms with van der Waals surface area (Å²) in [5.74, 6) is -0.972. The van der Waals surface area contributed by atoms with Gasteiger partial charge in [-0.1, -0.05) is 22.0 Å². The smallest absolute Gasteiger partial charge is 0.271 e. The molecule has 2 aromatic carbocycles. The topological polar surface area (TPSA) is 85.7 Å². The standard InChI is InChI=1S/C19H13BrClFN4O3/c1-28-15-6-5-11(7-16(15)29-18-14(22)10-23-19(21)25-18)9-24-26-17(27)12-3-2-4-13(20)8-12/h2-10H,1H3,(H,26,27)/b24-9-. The van der Waals surface area contributed by atoms with Crippen LogP contribution in [-0.2, 0) is 0 Å². The van der Waals surface area contributed by atoms with E-state index in [2.05, 4.69) is 36.4 Å². The zero-order valence-corrected chi connectivity index (χ0v) is 17.2. The first-order valence-corrected chi connectivity index (χ1v) is 9.26. The maximum absolute atomic E-state index is 13.8. The molecule has 0 bridgehead atoms. The molecule has 3 rings (SSSR count). The van der Waals surface area contributed by atoms with Crippen LogP contribution in [0.1, 0.15) is 15.9 Å². The van der Waals surface area contributed by atoms with Crippen molar-refractivity contribution in [1.29, 1.82) is 0 Å². The fourth-order valence-corrected chi connectivity index (χ4v) is 2.74. The molecule has 0 atom stereocenters. The Morgan fingerprint density at radius 1 is 1.28 bits per heavy atom. The number of hydrogen-bond acceptors (Lipinski definition) is 6. The maximum Gasteiger partial charge on any atom is 0.271 e. The molecule has 0 radical (unpaired) electrons. The Labute approximate surface area is 178 Å². The van der Waals surface area contributed by atoms with Crippen LogP contribution in [-0.4, -0.2) is 29.2 Å². The highest BCUT2D eigenvalue weighted by atomic mass is 79.9. The molecule has 1 amide bonds. The number of carbonyl (C=O) groups is 1. The third kappa shape index (κ3) is 5.49. The van der Waals surface area contributed by atoms with Crippen molar-refractivity contribution in [3.8, 4) is 17.4 Å². The number of amides is 1. The summed E-state index contributed by atoms with van der Waals surface area (Å²) in [5, 5.41) is 3.77. The number of hydrogen-bond donors (Lipinski definition) is 1. The lowest BCUT2D eigenvalue weighted by molar-refractivity contribution is 0.0955. The molecule has 7 nitrogen and oxygen atoms in total. The van der Waals surface area contributed by atoms with Crippen LogP contribution in [0.4, 0.5) is 4.39 Å². The molecule has 148 valence electrons. The van der Waals surface area contributed by atoms with Gasteiger partial charge in [-0.25, -0.2) is 10.4 Å². The number of hydrazone groups is 1. The van der Waals surface area contributed by atoms with E-state index in [-0.39, 0.29) is 22.8 Å². The van der Waals surface area contributed by atoms with E-state index >= 15 is 0 Å². The van der Waals surface area contributed by atoms with Gasteiger partial charge in [0, 0.05) is 10.0 Å². The van der Waals surface area contributed by atoms with E-state index in [1.165, 1.54) is 13.3 Å². The SMILES string of the molecule is COc1ccc(/C=N\NC(=O)c2cccc(Br)c2)cc1Oc1nc(Cl)ncc1F. The van der Waals surface area contributed by atoms with Crippen LogP contribution < -0.4 is 14.9 Å². The Bertz CT molecular complexity index is 1080. The molecular weight excluding hydrogens is 467 g/mol. The van der Waals surface area contributed by atoms with E-state index in [1.807, 2.05) is 6.07 Å². The first-order chi connectivity index (χ1) is 14.0. The summed E-state index contributed by atoms with van der Waals surface area (Å²) in [7, 11) is 1.44. The van der Waals surface area contributed by atoms with Crippen molar-refractivity contribution >= 4 is 39.7 Å². The van der Waals surface area contributed by atoms with Crippen molar-refractivity contribution < 1.29 is 18.7 Å². The van der Waals surface area contributed by atoms with Crippen LogP contribution in [0, 0.1) is 5.82 Å². The molecule has 0 saturated carbocycles. The van der Waals surface area contributed by atoms with Crippen LogP contribution in [0.3, 0.4) is 0 Å². The monoisotopic (exact) mass is 478 g/mol. The fraction of sp³-hybridized carbons (Fsp3) is 0.0526. The Balaban J connectivity index is 1.76. The van der Waals surface area contributed by atoms with Crippen LogP contribution in [0.2, 0.25) is 5.28 Å². The van der Waals surface area contributed by atoms with E-state index in [4.69, 9.17) is 21.1 Å². The highest BCUT2D eigenvalue weighted by Crippen LogP contribution is 2.32. The molecule has 1 aromatic heterocycles. The van der Waals surface area contributed by atoms with E-state index < -0.39 is 5.82 Å². The zero-order chi connectivity index (χ0) is 20.8. The zero-order valence-electron chi connectivity index (χ0n) is 14.9. The molecule has 0 saturated heterocycles. The average molecular weight is 480 g/mol. The molecule has 0 fully saturated rings. The number of halogens is 3. The van der Waals surface area contributed by atoms with Gasteiger partial charge in [0.25, 0.3) is 11.8 Å². The van der Waals surface area contributed by atoms with Gasteiger partial charge in [-0.15, -0.1) is 0 Å². The number of benzene rings is 2. The number of nitrogens with one attached hydrogen (secondary N) is 1. The normalized spacial score (nSPS) is 10.8. The predicted molar refractivity (Wildman–Crippen MR) is 109 cm³/mol. The second kappa shape index (κ2) is 9.44. The second-order valence-electron chi connectivity index (χ2n) is 5.51. The number of ether oxygens (including phenoxy) is 2. The molecule has 1 heterocycles. The van der Waals surface area contributed by atoms with Gasteiger partial charge in [-0.3, -0.25) is 4.79 Å². The summed E-state index contributed by atoms with van der Waals surface area (Å²) < 4.78 is 25.3. The van der Waals surface area contributed by atoms with Crippen molar-refractivity contribution in [2.45, 2.75) is 0 Å². The molecule has 1 N–H and O–H groups in total. The lowest BCUT2D eigenvalue weighted by atomic mass is 10.2. The van der Waals surface area contributed by atoms with Crippen molar-refractivity contribution in [2.24, 2.45) is 5.10 Å². The number of methoxy groups -OCH3 is 1. The van der Waals surface area contributed by atoms with E-state index in [0.717, 1.165) is 10.7 Å². The minimum atomic E-state index is -0.781. The van der Waals surface area contributed by atoms with Crippen LogP contribution in [0.5, 0.6) is 17.4 Å². The minimum Gasteiger partial charge on any atom is -0.493 e. The quantitative estimate of drug-likeness (QED) is 0.317. The molecule has 0 unspecified atom stereocenters. The molecular formula is C19H13BrClFN4O3. The summed E-state index contributed by atoms with van der Waals surface area (Å²) in [6.45, 7) is 0. The van der Waals surface area contributed by atoms with Crippen molar-refractivity contribution in [2.75, 3.05) is 7.11 Å². The number of carbonyl (C=O) groups excluding carboxylic acids is 1. The summed E-state index contributed by atoms with van der Waals surface area (Å²) in [4.78, 5) is 19.3. The molecule has 0 aliphatic heterocycles. The van der Waals surface area contributed by atoms with Gasteiger partial charge in [-0.2, -0.15) is 14.5 Å². The molecule has 10 heteroatoms. The van der Waals surface area contributed by atoms with Gasteiger partial charge in [0.15, 0.2) is 11.5 Å². The Morgan fingerprint density at radius 2 is 2.10 bits per heavy atom. The highest BCUT2D eigenvalue weighted by molar-refractivity contribution is 9.10. The van der Waals surface area contributed by atoms with E-state index in [0.29, 0.717) is 16.9 Å². The van der Waals surface area contributed by atoms with Crippen LogP contribution in [0.25, 0.3) is 0 Å². The first kappa shape index (κ1) is 20.7. The van der Waals surface area contributed by atoms with Crippen molar-refractivity contribution in [1.82, 2.24) is 15.4 Å². The highest BCUT2D eigenvalue weighted by Gasteiger charge is 2.13. The third-order valence-corrected chi connectivity index (χ3v) is 4.22. The largest absolute Gasteiger partial charge is 0.493 e. The number of nitrogens with zero attached hydrogens (tertiary/aromatic N) is 3. The molecule has 0 spiro atoms. The molecule has 0 aliphatic rings. The minimum absolute atomic E-state index is 0.159. The Kier molecular flexibility index (Phi) is 6.73. The van der Waals surface area contributed by atoms with Gasteiger partial charge >= 0.3 is 0 Å². The Morgan fingerprint density at radius 3 is 2.86 bits per heavy atom. The summed E-state index contributed by atoms with van der Waals surface area (Å²) >= 11 is 8.99. The fourth-order valence-electron chi connectivity index (χ4n) is 2.22. The summed E-state index contributed by atoms with van der Waals surface area (Å²) in [6, 6.07) is 11.7. The first-order valence-electron chi connectivity index (χ1n) is 8.09. The van der Waals surface area contributed by atoms with Crippen molar-refractivity contribution in [3.05, 3.63) is 75.4 Å². The maximum atomic E-state index is 13.8. The predicted octanol–water partition coefficient (Wildman–Crippen LogP) is 4.60. The lowest BCUT2D eigenvalue weighted by Crippen LogP contribution is -2.17. The number of rotatable bonds is 6. The lowest BCUT2D eigenvalue weighted by Gasteiger charge is -2.10. The van der Waals surface area contributed by atoms with Gasteiger partial charge in [0.05, 0.1) is 19.5 Å². The van der Waals surface area contributed by atoms with Gasteiger partial charge in [0.1, 0.15) is 0 Å². The van der Waals surface area contributed by atoms with Gasteiger partial charge in [-0.05, 0) is 53.6 Å².